The average molecular weight is 379 g/mol. The number of hydrogen-bond donors (Lipinski definition) is 1. The Morgan fingerprint density at radius 3 is 2.60 bits per heavy atom. The number of nitrogens with zero attached hydrogens (tertiary/aromatic N) is 1. The zero-order valence-electron chi connectivity index (χ0n) is 14.2. The summed E-state index contributed by atoms with van der Waals surface area (Å²) >= 11 is 6.02. The molecule has 0 fully saturated rings. The summed E-state index contributed by atoms with van der Waals surface area (Å²) in [7, 11) is -0.169. The van der Waals surface area contributed by atoms with Crippen molar-refractivity contribution in [3.63, 3.8) is 0 Å². The first-order valence-corrected chi connectivity index (χ1v) is 9.56. The second-order valence-electron chi connectivity index (χ2n) is 5.86. The molecule has 0 aliphatic rings. The lowest BCUT2D eigenvalue weighted by molar-refractivity contribution is 0.414. The molecule has 1 heterocycles. The van der Waals surface area contributed by atoms with E-state index in [0.29, 0.717) is 5.75 Å². The highest BCUT2D eigenvalue weighted by Crippen LogP contribution is 2.27. The molecular weight excluding hydrogens is 360 g/mol. The van der Waals surface area contributed by atoms with Crippen molar-refractivity contribution in [3.05, 3.63) is 58.7 Å². The lowest BCUT2D eigenvalue weighted by Crippen LogP contribution is -2.23. The summed E-state index contributed by atoms with van der Waals surface area (Å²) in [6.45, 7) is 2.24. The van der Waals surface area contributed by atoms with Gasteiger partial charge in [0.1, 0.15) is 5.75 Å². The molecule has 0 radical (unpaired) electrons. The van der Waals surface area contributed by atoms with Crippen LogP contribution in [-0.4, -0.2) is 20.1 Å². The Morgan fingerprint density at radius 2 is 1.92 bits per heavy atom. The third kappa shape index (κ3) is 3.51. The Labute approximate surface area is 152 Å². The molecular formula is C18H19ClN2O3S. The highest BCUT2D eigenvalue weighted by molar-refractivity contribution is 7.89. The summed E-state index contributed by atoms with van der Waals surface area (Å²) in [6, 6.07) is 12.4. The fourth-order valence-corrected chi connectivity index (χ4v) is 4.09. The highest BCUT2D eigenvalue weighted by Gasteiger charge is 2.16. The van der Waals surface area contributed by atoms with Crippen LogP contribution in [-0.2, 0) is 23.6 Å². The number of fused-ring (bicyclic) bond motifs is 1. The fraction of sp³-hybridized carbons (Fsp3) is 0.222. The molecule has 3 aromatic rings. The van der Waals surface area contributed by atoms with Gasteiger partial charge >= 0.3 is 0 Å². The third-order valence-electron chi connectivity index (χ3n) is 4.25. The van der Waals surface area contributed by atoms with Gasteiger partial charge in [-0.1, -0.05) is 17.7 Å². The summed E-state index contributed by atoms with van der Waals surface area (Å²) in [5, 5.41) is 1.34. The van der Waals surface area contributed by atoms with Gasteiger partial charge in [-0.25, -0.2) is 13.1 Å². The first kappa shape index (κ1) is 17.8. The van der Waals surface area contributed by atoms with Gasteiger partial charge in [0, 0.05) is 30.2 Å². The molecule has 0 saturated carbocycles. The molecule has 3 rings (SSSR count). The standard InChI is InChI=1S/C18H19ClN2O3S/c1-12-8-14-9-13(4-6-17(14)21(12)2)11-20-25(22,23)15-5-7-18(24-3)16(19)10-15/h4-10,20H,11H2,1-3H3. The van der Waals surface area contributed by atoms with Crippen LogP contribution in [0, 0.1) is 6.92 Å². The Kier molecular flexibility index (Phi) is 4.77. The van der Waals surface area contributed by atoms with E-state index in [-0.39, 0.29) is 16.5 Å². The van der Waals surface area contributed by atoms with Crippen LogP contribution in [0.4, 0.5) is 0 Å². The molecule has 0 spiro atoms. The van der Waals surface area contributed by atoms with Crippen molar-refractivity contribution in [3.8, 4) is 5.75 Å². The molecule has 7 heteroatoms. The zero-order valence-corrected chi connectivity index (χ0v) is 15.8. The Morgan fingerprint density at radius 1 is 1.16 bits per heavy atom. The van der Waals surface area contributed by atoms with Crippen LogP contribution >= 0.6 is 11.6 Å². The van der Waals surface area contributed by atoms with Gasteiger partial charge < -0.3 is 9.30 Å². The maximum absolute atomic E-state index is 12.5. The van der Waals surface area contributed by atoms with Gasteiger partial charge in [-0.3, -0.25) is 0 Å². The van der Waals surface area contributed by atoms with E-state index < -0.39 is 10.0 Å². The fourth-order valence-electron chi connectivity index (χ4n) is 2.72. The number of sulfonamides is 1. The van der Waals surface area contributed by atoms with Gasteiger partial charge in [-0.2, -0.15) is 0 Å². The summed E-state index contributed by atoms with van der Waals surface area (Å²) in [6.07, 6.45) is 0. The van der Waals surface area contributed by atoms with Gasteiger partial charge in [-0.15, -0.1) is 0 Å². The number of rotatable bonds is 5. The van der Waals surface area contributed by atoms with Crippen molar-refractivity contribution in [1.82, 2.24) is 9.29 Å². The molecule has 0 unspecified atom stereocenters. The predicted molar refractivity (Wildman–Crippen MR) is 99.7 cm³/mol. The molecule has 0 amide bonds. The molecule has 0 bridgehead atoms. The first-order chi connectivity index (χ1) is 11.8. The molecule has 132 valence electrons. The Bertz CT molecular complexity index is 1040. The Balaban J connectivity index is 1.81. The van der Waals surface area contributed by atoms with E-state index >= 15 is 0 Å². The zero-order chi connectivity index (χ0) is 18.2. The van der Waals surface area contributed by atoms with Gasteiger partial charge in [0.05, 0.1) is 17.0 Å². The monoisotopic (exact) mass is 378 g/mol. The maximum atomic E-state index is 12.5. The van der Waals surface area contributed by atoms with E-state index in [4.69, 9.17) is 16.3 Å². The average Bonchev–Trinajstić information content (AvgIpc) is 2.87. The van der Waals surface area contributed by atoms with E-state index in [2.05, 4.69) is 15.4 Å². The van der Waals surface area contributed by atoms with E-state index in [0.717, 1.165) is 22.2 Å². The summed E-state index contributed by atoms with van der Waals surface area (Å²) in [4.78, 5) is 0.106. The second kappa shape index (κ2) is 6.71. The lowest BCUT2D eigenvalue weighted by atomic mass is 10.1. The van der Waals surface area contributed by atoms with Crippen molar-refractivity contribution >= 4 is 32.5 Å². The van der Waals surface area contributed by atoms with Crippen molar-refractivity contribution < 1.29 is 13.2 Å². The number of nitrogens with one attached hydrogen (secondary N) is 1. The number of ether oxygens (including phenoxy) is 1. The highest BCUT2D eigenvalue weighted by atomic mass is 35.5. The minimum atomic E-state index is -3.66. The van der Waals surface area contributed by atoms with Crippen LogP contribution in [0.15, 0.2) is 47.4 Å². The van der Waals surface area contributed by atoms with E-state index in [9.17, 15) is 8.42 Å². The van der Waals surface area contributed by atoms with Crippen LogP contribution in [0.1, 0.15) is 11.3 Å². The van der Waals surface area contributed by atoms with Crippen LogP contribution in [0.2, 0.25) is 5.02 Å². The predicted octanol–water partition coefficient (Wildman–Crippen LogP) is 3.63. The third-order valence-corrected chi connectivity index (χ3v) is 5.94. The van der Waals surface area contributed by atoms with Crippen molar-refractivity contribution in [2.75, 3.05) is 7.11 Å². The van der Waals surface area contributed by atoms with E-state index in [1.165, 1.54) is 25.3 Å². The quantitative estimate of drug-likeness (QED) is 0.737. The normalized spacial score (nSPS) is 11.8. The van der Waals surface area contributed by atoms with E-state index in [1.54, 1.807) is 0 Å². The maximum Gasteiger partial charge on any atom is 0.240 e. The van der Waals surface area contributed by atoms with Crippen LogP contribution < -0.4 is 9.46 Å². The largest absolute Gasteiger partial charge is 0.495 e. The second-order valence-corrected chi connectivity index (χ2v) is 8.03. The number of halogens is 1. The minimum Gasteiger partial charge on any atom is -0.495 e. The number of hydrogen-bond acceptors (Lipinski definition) is 3. The lowest BCUT2D eigenvalue weighted by Gasteiger charge is -2.09. The molecule has 0 aliphatic carbocycles. The van der Waals surface area contributed by atoms with Gasteiger partial charge in [-0.05, 0) is 48.9 Å². The molecule has 1 aromatic heterocycles. The molecule has 2 aromatic carbocycles. The molecule has 0 saturated heterocycles. The topological polar surface area (TPSA) is 60.3 Å². The Hall–Kier alpha value is -2.02. The van der Waals surface area contributed by atoms with Crippen LogP contribution in [0.25, 0.3) is 10.9 Å². The number of aryl methyl sites for hydroxylation is 2. The number of benzene rings is 2. The minimum absolute atomic E-state index is 0.106. The first-order valence-electron chi connectivity index (χ1n) is 7.70. The van der Waals surface area contributed by atoms with Crippen molar-refractivity contribution in [2.45, 2.75) is 18.4 Å². The van der Waals surface area contributed by atoms with Gasteiger partial charge in [0.2, 0.25) is 10.0 Å². The van der Waals surface area contributed by atoms with E-state index in [1.807, 2.05) is 32.2 Å². The van der Waals surface area contributed by atoms with Crippen LogP contribution in [0.5, 0.6) is 5.75 Å². The molecule has 1 N–H and O–H groups in total. The number of aromatic nitrogens is 1. The molecule has 5 nitrogen and oxygen atoms in total. The smallest absolute Gasteiger partial charge is 0.240 e. The number of methoxy groups -OCH3 is 1. The summed E-state index contributed by atoms with van der Waals surface area (Å²) in [5.74, 6) is 0.436. The SMILES string of the molecule is COc1ccc(S(=O)(=O)NCc2ccc3c(c2)cc(C)n3C)cc1Cl. The molecule has 0 aliphatic heterocycles. The van der Waals surface area contributed by atoms with Crippen LogP contribution in [0.3, 0.4) is 0 Å². The summed E-state index contributed by atoms with van der Waals surface area (Å²) in [5.41, 5.74) is 3.16. The van der Waals surface area contributed by atoms with Gasteiger partial charge in [0.25, 0.3) is 0 Å². The molecule has 25 heavy (non-hydrogen) atoms. The molecule has 0 atom stereocenters. The van der Waals surface area contributed by atoms with Gasteiger partial charge in [0.15, 0.2) is 0 Å². The summed E-state index contributed by atoms with van der Waals surface area (Å²) < 4.78 is 34.7. The van der Waals surface area contributed by atoms with Crippen molar-refractivity contribution in [1.29, 1.82) is 0 Å². The van der Waals surface area contributed by atoms with Crippen molar-refractivity contribution in [2.24, 2.45) is 7.05 Å².